The lowest BCUT2D eigenvalue weighted by Gasteiger charge is -2.01. The molecule has 0 aliphatic rings. The van der Waals surface area contributed by atoms with Crippen molar-refractivity contribution in [2.75, 3.05) is 0 Å². The van der Waals surface area contributed by atoms with Crippen molar-refractivity contribution in [3.8, 4) is 17.1 Å². The van der Waals surface area contributed by atoms with Gasteiger partial charge in [0.1, 0.15) is 17.1 Å². The van der Waals surface area contributed by atoms with Gasteiger partial charge in [0.05, 0.1) is 11.1 Å². The molecule has 90 valence electrons. The monoisotopic (exact) mass is 414 g/mol. The molecular weight excluding hydrogens is 407 g/mol. The van der Waals surface area contributed by atoms with Crippen LogP contribution in [0, 0.1) is 3.57 Å². The number of nitrogens with zero attached hydrogens (tertiary/aromatic N) is 1. The Morgan fingerprint density at radius 2 is 2.06 bits per heavy atom. The highest BCUT2D eigenvalue weighted by Gasteiger charge is 2.11. The lowest BCUT2D eigenvalue weighted by atomic mass is 10.2. The van der Waals surface area contributed by atoms with Gasteiger partial charge >= 0.3 is 0 Å². The van der Waals surface area contributed by atoms with Crippen LogP contribution in [0.5, 0.6) is 5.75 Å². The molecule has 0 radical (unpaired) electrons. The van der Waals surface area contributed by atoms with Gasteiger partial charge in [-0.25, -0.2) is 4.98 Å². The molecular formula is C13H8BrIN2O. The standard InChI is InChI=1S/C13H8BrIN2O/c14-9-2-1-3-10-12(9)17-13(16-10)8-6-7(15)4-5-11(8)18/h1-6,18H,(H,16,17). The van der Waals surface area contributed by atoms with Gasteiger partial charge in [0.15, 0.2) is 0 Å². The Hall–Kier alpha value is -1.08. The first-order valence-electron chi connectivity index (χ1n) is 5.28. The number of nitrogens with one attached hydrogen (secondary N) is 1. The van der Waals surface area contributed by atoms with Crippen LogP contribution in [0.15, 0.2) is 40.9 Å². The fourth-order valence-corrected chi connectivity index (χ4v) is 2.77. The zero-order valence-corrected chi connectivity index (χ0v) is 12.9. The first-order chi connectivity index (χ1) is 8.65. The van der Waals surface area contributed by atoms with Gasteiger partial charge in [-0.2, -0.15) is 0 Å². The van der Waals surface area contributed by atoms with E-state index in [4.69, 9.17) is 0 Å². The molecule has 5 heteroatoms. The summed E-state index contributed by atoms with van der Waals surface area (Å²) in [6.07, 6.45) is 0. The first-order valence-corrected chi connectivity index (χ1v) is 7.15. The summed E-state index contributed by atoms with van der Waals surface area (Å²) in [5, 5.41) is 9.91. The van der Waals surface area contributed by atoms with Crippen LogP contribution in [-0.4, -0.2) is 15.1 Å². The third-order valence-electron chi connectivity index (χ3n) is 2.68. The van der Waals surface area contributed by atoms with E-state index in [-0.39, 0.29) is 5.75 Å². The number of imidazole rings is 1. The molecule has 0 spiro atoms. The Kier molecular flexibility index (Phi) is 3.03. The van der Waals surface area contributed by atoms with E-state index in [1.807, 2.05) is 30.3 Å². The van der Waals surface area contributed by atoms with Crippen LogP contribution in [0.4, 0.5) is 0 Å². The second-order valence-corrected chi connectivity index (χ2v) is 5.98. The Morgan fingerprint density at radius 1 is 1.22 bits per heavy atom. The molecule has 2 N–H and O–H groups in total. The molecule has 18 heavy (non-hydrogen) atoms. The molecule has 0 saturated carbocycles. The van der Waals surface area contributed by atoms with E-state index in [0.29, 0.717) is 11.4 Å². The molecule has 0 aliphatic heterocycles. The molecule has 0 atom stereocenters. The lowest BCUT2D eigenvalue weighted by Crippen LogP contribution is -1.83. The molecule has 3 nitrogen and oxygen atoms in total. The van der Waals surface area contributed by atoms with Crippen molar-refractivity contribution in [3.63, 3.8) is 0 Å². The molecule has 0 bridgehead atoms. The molecule has 3 rings (SSSR count). The van der Waals surface area contributed by atoms with Gasteiger partial charge in [-0.1, -0.05) is 6.07 Å². The predicted octanol–water partition coefficient (Wildman–Crippen LogP) is 4.30. The normalized spacial score (nSPS) is 11.0. The van der Waals surface area contributed by atoms with Gasteiger partial charge in [-0.05, 0) is 68.9 Å². The Morgan fingerprint density at radius 3 is 2.83 bits per heavy atom. The Labute approximate surface area is 126 Å². The van der Waals surface area contributed by atoms with Crippen LogP contribution in [0.3, 0.4) is 0 Å². The van der Waals surface area contributed by atoms with Crippen LogP contribution in [0.2, 0.25) is 0 Å². The highest BCUT2D eigenvalue weighted by atomic mass is 127. The summed E-state index contributed by atoms with van der Waals surface area (Å²) in [7, 11) is 0. The minimum Gasteiger partial charge on any atom is -0.507 e. The van der Waals surface area contributed by atoms with E-state index < -0.39 is 0 Å². The molecule has 0 amide bonds. The van der Waals surface area contributed by atoms with Gasteiger partial charge in [-0.15, -0.1) is 0 Å². The van der Waals surface area contributed by atoms with Crippen molar-refractivity contribution in [1.29, 1.82) is 0 Å². The number of aromatic nitrogens is 2. The van der Waals surface area contributed by atoms with Crippen LogP contribution in [-0.2, 0) is 0 Å². The maximum Gasteiger partial charge on any atom is 0.142 e. The Bertz CT molecular complexity index is 739. The average molecular weight is 415 g/mol. The number of para-hydroxylation sites is 1. The van der Waals surface area contributed by atoms with Gasteiger partial charge in [0, 0.05) is 8.04 Å². The van der Waals surface area contributed by atoms with Crippen molar-refractivity contribution in [2.45, 2.75) is 0 Å². The third-order valence-corrected chi connectivity index (χ3v) is 3.99. The van der Waals surface area contributed by atoms with Gasteiger partial charge in [-0.3, -0.25) is 0 Å². The number of phenolic OH excluding ortho intramolecular Hbond substituents is 1. The minimum atomic E-state index is 0.227. The second kappa shape index (κ2) is 4.55. The topological polar surface area (TPSA) is 48.9 Å². The van der Waals surface area contributed by atoms with Crippen LogP contribution in [0.25, 0.3) is 22.4 Å². The van der Waals surface area contributed by atoms with Crippen LogP contribution in [0.1, 0.15) is 0 Å². The summed E-state index contributed by atoms with van der Waals surface area (Å²) < 4.78 is 1.99. The second-order valence-electron chi connectivity index (χ2n) is 3.88. The van der Waals surface area contributed by atoms with E-state index in [1.54, 1.807) is 6.07 Å². The van der Waals surface area contributed by atoms with Crippen molar-refractivity contribution in [1.82, 2.24) is 9.97 Å². The zero-order chi connectivity index (χ0) is 12.7. The molecule has 2 aromatic carbocycles. The summed E-state index contributed by atoms with van der Waals surface area (Å²) in [6.45, 7) is 0. The number of H-pyrrole nitrogens is 1. The van der Waals surface area contributed by atoms with Crippen molar-refractivity contribution in [2.24, 2.45) is 0 Å². The van der Waals surface area contributed by atoms with Gasteiger partial charge in [0.2, 0.25) is 0 Å². The summed E-state index contributed by atoms with van der Waals surface area (Å²) in [5.74, 6) is 0.901. The number of aromatic hydroxyl groups is 1. The number of halogens is 2. The molecule has 0 saturated heterocycles. The van der Waals surface area contributed by atoms with E-state index in [2.05, 4.69) is 48.5 Å². The highest BCUT2D eigenvalue weighted by molar-refractivity contribution is 14.1. The molecule has 3 aromatic rings. The first kappa shape index (κ1) is 12.0. The molecule has 0 unspecified atom stereocenters. The summed E-state index contributed by atoms with van der Waals surface area (Å²) in [4.78, 5) is 7.73. The van der Waals surface area contributed by atoms with E-state index in [9.17, 15) is 5.11 Å². The SMILES string of the molecule is Oc1ccc(I)cc1-c1nc2c(Br)cccc2[nH]1. The Balaban J connectivity index is 2.26. The summed E-state index contributed by atoms with van der Waals surface area (Å²) in [5.41, 5.74) is 2.52. The number of aromatic amines is 1. The van der Waals surface area contributed by atoms with Crippen molar-refractivity contribution in [3.05, 3.63) is 44.4 Å². The maximum absolute atomic E-state index is 9.91. The minimum absolute atomic E-state index is 0.227. The number of phenols is 1. The lowest BCUT2D eigenvalue weighted by molar-refractivity contribution is 0.477. The number of fused-ring (bicyclic) bond motifs is 1. The van der Waals surface area contributed by atoms with Gasteiger partial charge in [0.25, 0.3) is 0 Å². The highest BCUT2D eigenvalue weighted by Crippen LogP contribution is 2.31. The van der Waals surface area contributed by atoms with Crippen molar-refractivity contribution < 1.29 is 5.11 Å². The van der Waals surface area contributed by atoms with E-state index in [1.165, 1.54) is 0 Å². The average Bonchev–Trinajstić information content (AvgIpc) is 2.77. The zero-order valence-electron chi connectivity index (χ0n) is 9.11. The molecule has 1 aromatic heterocycles. The van der Waals surface area contributed by atoms with Crippen LogP contribution < -0.4 is 0 Å². The maximum atomic E-state index is 9.91. The van der Waals surface area contributed by atoms with Gasteiger partial charge < -0.3 is 10.1 Å². The fraction of sp³-hybridized carbons (Fsp3) is 0. The predicted molar refractivity (Wildman–Crippen MR) is 83.6 cm³/mol. The van der Waals surface area contributed by atoms with Crippen LogP contribution >= 0.6 is 38.5 Å². The number of benzene rings is 2. The number of hydrogen-bond donors (Lipinski definition) is 2. The number of rotatable bonds is 1. The largest absolute Gasteiger partial charge is 0.507 e. The molecule has 0 fully saturated rings. The summed E-state index contributed by atoms with van der Waals surface area (Å²) >= 11 is 5.68. The molecule has 0 aliphatic carbocycles. The quantitative estimate of drug-likeness (QED) is 0.583. The fourth-order valence-electron chi connectivity index (χ4n) is 1.82. The number of hydrogen-bond acceptors (Lipinski definition) is 2. The van der Waals surface area contributed by atoms with Crippen molar-refractivity contribution >= 4 is 49.6 Å². The van der Waals surface area contributed by atoms with E-state index >= 15 is 0 Å². The third kappa shape index (κ3) is 2.01. The summed E-state index contributed by atoms with van der Waals surface area (Å²) in [6, 6.07) is 11.3. The van der Waals surface area contributed by atoms with E-state index in [0.717, 1.165) is 19.1 Å². The molecule has 1 heterocycles. The smallest absolute Gasteiger partial charge is 0.142 e.